The molecule has 3 nitrogen and oxygen atoms in total. The van der Waals surface area contributed by atoms with Gasteiger partial charge in [-0.05, 0) is 71.3 Å². The highest BCUT2D eigenvalue weighted by Gasteiger charge is 2.30. The van der Waals surface area contributed by atoms with Crippen molar-refractivity contribution in [1.82, 2.24) is 4.98 Å². The van der Waals surface area contributed by atoms with Gasteiger partial charge in [0.15, 0.2) is 11.2 Å². The lowest BCUT2D eigenvalue weighted by Gasteiger charge is -2.23. The van der Waals surface area contributed by atoms with Gasteiger partial charge in [0.25, 0.3) is 6.33 Å². The average Bonchev–Trinajstić information content (AvgIpc) is 2.63. The SMILES string of the molecule is Cc1ccc2c(C)c3c(cc2c1)Oc1cc(CC(C)C)cc2nc[n+](C)c-3c12. The Bertz CT molecular complexity index is 1270. The topological polar surface area (TPSA) is 26.0 Å². The second kappa shape index (κ2) is 6.03. The largest absolute Gasteiger partial charge is 0.456 e. The molecule has 0 saturated carbocycles. The highest BCUT2D eigenvalue weighted by molar-refractivity contribution is 6.04. The van der Waals surface area contributed by atoms with Gasteiger partial charge < -0.3 is 4.74 Å². The van der Waals surface area contributed by atoms with Crippen LogP contribution >= 0.6 is 0 Å². The standard InChI is InChI=1S/C25H25N2O/c1-14(2)8-17-10-20-24-21(11-17)28-22-12-18-9-15(3)6-7-19(18)16(4)23(22)25(24)27(5)13-26-20/h6-7,9-14H,8H2,1-5H3/q+1. The van der Waals surface area contributed by atoms with E-state index < -0.39 is 0 Å². The van der Waals surface area contributed by atoms with Gasteiger partial charge in [0.1, 0.15) is 16.9 Å². The number of hydrogen-bond donors (Lipinski definition) is 0. The van der Waals surface area contributed by atoms with Gasteiger partial charge in [0.2, 0.25) is 0 Å². The van der Waals surface area contributed by atoms with Crippen LogP contribution in [0.3, 0.4) is 0 Å². The van der Waals surface area contributed by atoms with Gasteiger partial charge >= 0.3 is 0 Å². The molecule has 0 unspecified atom stereocenters. The van der Waals surface area contributed by atoms with E-state index in [1.165, 1.54) is 38.7 Å². The third-order valence-corrected chi connectivity index (χ3v) is 5.72. The van der Waals surface area contributed by atoms with E-state index in [4.69, 9.17) is 9.72 Å². The van der Waals surface area contributed by atoms with Crippen molar-refractivity contribution in [2.45, 2.75) is 34.1 Å². The van der Waals surface area contributed by atoms with Crippen LogP contribution < -0.4 is 9.30 Å². The summed E-state index contributed by atoms with van der Waals surface area (Å²) in [4.78, 5) is 4.71. The maximum atomic E-state index is 6.50. The molecule has 0 radical (unpaired) electrons. The Labute approximate surface area is 165 Å². The van der Waals surface area contributed by atoms with Crippen LogP contribution in [0.4, 0.5) is 0 Å². The van der Waals surface area contributed by atoms with Crippen LogP contribution in [0.5, 0.6) is 11.5 Å². The Morgan fingerprint density at radius 1 is 1.04 bits per heavy atom. The number of benzene rings is 3. The minimum atomic E-state index is 0.592. The van der Waals surface area contributed by atoms with Crippen LogP contribution in [0.1, 0.15) is 30.5 Å². The molecular weight excluding hydrogens is 344 g/mol. The lowest BCUT2D eigenvalue weighted by Crippen LogP contribution is -2.32. The number of hydrogen-bond acceptors (Lipinski definition) is 2. The maximum absolute atomic E-state index is 6.50. The van der Waals surface area contributed by atoms with Crippen molar-refractivity contribution >= 4 is 21.7 Å². The molecule has 1 aromatic heterocycles. The average molecular weight is 369 g/mol. The zero-order valence-corrected chi connectivity index (χ0v) is 17.1. The third-order valence-electron chi connectivity index (χ3n) is 5.72. The molecule has 0 fully saturated rings. The Kier molecular flexibility index (Phi) is 3.70. The van der Waals surface area contributed by atoms with Gasteiger partial charge in [-0.25, -0.2) is 4.57 Å². The van der Waals surface area contributed by atoms with Crippen molar-refractivity contribution in [3.8, 4) is 22.8 Å². The van der Waals surface area contributed by atoms with E-state index in [-0.39, 0.29) is 0 Å². The van der Waals surface area contributed by atoms with Gasteiger partial charge in [-0.15, -0.1) is 0 Å². The van der Waals surface area contributed by atoms with Crippen LogP contribution in [-0.2, 0) is 13.5 Å². The van der Waals surface area contributed by atoms with Gasteiger partial charge in [-0.3, -0.25) is 0 Å². The second-order valence-electron chi connectivity index (χ2n) is 8.49. The van der Waals surface area contributed by atoms with Crippen molar-refractivity contribution in [1.29, 1.82) is 0 Å². The molecule has 1 aliphatic rings. The van der Waals surface area contributed by atoms with Crippen molar-refractivity contribution in [2.75, 3.05) is 0 Å². The number of fused-ring (bicyclic) bond motifs is 3. The van der Waals surface area contributed by atoms with Crippen LogP contribution in [0.15, 0.2) is 42.7 Å². The number of aryl methyl sites for hydroxylation is 3. The molecule has 0 aliphatic carbocycles. The van der Waals surface area contributed by atoms with E-state index in [0.29, 0.717) is 5.92 Å². The van der Waals surface area contributed by atoms with E-state index in [9.17, 15) is 0 Å². The Morgan fingerprint density at radius 2 is 1.86 bits per heavy atom. The summed E-state index contributed by atoms with van der Waals surface area (Å²) in [6, 6.07) is 13.2. The second-order valence-corrected chi connectivity index (χ2v) is 8.49. The summed E-state index contributed by atoms with van der Waals surface area (Å²) >= 11 is 0. The highest BCUT2D eigenvalue weighted by Crippen LogP contribution is 2.48. The lowest BCUT2D eigenvalue weighted by molar-refractivity contribution is -0.662. The normalized spacial score (nSPS) is 12.5. The summed E-state index contributed by atoms with van der Waals surface area (Å²) in [5, 5.41) is 3.61. The van der Waals surface area contributed by atoms with Gasteiger partial charge in [-0.2, -0.15) is 0 Å². The molecular formula is C25H25N2O+. The van der Waals surface area contributed by atoms with Crippen LogP contribution in [-0.4, -0.2) is 4.98 Å². The summed E-state index contributed by atoms with van der Waals surface area (Å²) in [5.41, 5.74) is 7.18. The molecule has 140 valence electrons. The monoisotopic (exact) mass is 369 g/mol. The van der Waals surface area contributed by atoms with Gasteiger partial charge in [-0.1, -0.05) is 37.6 Å². The van der Waals surface area contributed by atoms with Crippen LogP contribution in [0, 0.1) is 19.8 Å². The molecule has 5 rings (SSSR count). The van der Waals surface area contributed by atoms with Crippen LogP contribution in [0.2, 0.25) is 0 Å². The number of ether oxygens (including phenoxy) is 1. The molecule has 28 heavy (non-hydrogen) atoms. The highest BCUT2D eigenvalue weighted by atomic mass is 16.5. The van der Waals surface area contributed by atoms with Gasteiger partial charge in [0.05, 0.1) is 12.6 Å². The minimum absolute atomic E-state index is 0.592. The molecule has 0 atom stereocenters. The molecule has 0 amide bonds. The molecule has 4 aromatic rings. The zero-order valence-electron chi connectivity index (χ0n) is 17.1. The van der Waals surface area contributed by atoms with E-state index in [1.54, 1.807) is 0 Å². The molecule has 0 bridgehead atoms. The summed E-state index contributed by atoms with van der Waals surface area (Å²) in [5.74, 6) is 2.45. The summed E-state index contributed by atoms with van der Waals surface area (Å²) in [6.07, 6.45) is 2.95. The predicted molar refractivity (Wildman–Crippen MR) is 114 cm³/mol. The summed E-state index contributed by atoms with van der Waals surface area (Å²) < 4.78 is 8.63. The fourth-order valence-corrected chi connectivity index (χ4v) is 4.52. The molecule has 1 aliphatic heterocycles. The first kappa shape index (κ1) is 17.2. The molecule has 0 N–H and O–H groups in total. The van der Waals surface area contributed by atoms with E-state index >= 15 is 0 Å². The molecule has 2 heterocycles. The van der Waals surface area contributed by atoms with Crippen molar-refractivity contribution < 1.29 is 9.30 Å². The third kappa shape index (κ3) is 2.50. The smallest absolute Gasteiger partial charge is 0.287 e. The zero-order chi connectivity index (χ0) is 19.6. The first-order valence-electron chi connectivity index (χ1n) is 9.96. The maximum Gasteiger partial charge on any atom is 0.287 e. The Balaban J connectivity index is 1.87. The lowest BCUT2D eigenvalue weighted by atomic mass is 9.91. The molecule has 0 saturated heterocycles. The minimum Gasteiger partial charge on any atom is -0.456 e. The Morgan fingerprint density at radius 3 is 2.64 bits per heavy atom. The number of rotatable bonds is 2. The van der Waals surface area contributed by atoms with E-state index in [0.717, 1.165) is 28.8 Å². The number of aromatic nitrogens is 2. The number of nitrogens with zero attached hydrogens (tertiary/aromatic N) is 2. The van der Waals surface area contributed by atoms with Crippen molar-refractivity contribution in [3.63, 3.8) is 0 Å². The first-order chi connectivity index (χ1) is 13.4. The fraction of sp³-hybridized carbons (Fsp3) is 0.280. The quantitative estimate of drug-likeness (QED) is 0.368. The summed E-state index contributed by atoms with van der Waals surface area (Å²) in [6.45, 7) is 8.82. The molecule has 3 aromatic carbocycles. The molecule has 0 spiro atoms. The van der Waals surface area contributed by atoms with Crippen molar-refractivity contribution in [2.24, 2.45) is 13.0 Å². The van der Waals surface area contributed by atoms with Crippen molar-refractivity contribution in [3.05, 3.63) is 59.4 Å². The molecule has 3 heteroatoms. The van der Waals surface area contributed by atoms with Gasteiger partial charge in [0, 0.05) is 0 Å². The predicted octanol–water partition coefficient (Wildman–Crippen LogP) is 5.80. The van der Waals surface area contributed by atoms with Crippen LogP contribution in [0.25, 0.3) is 32.9 Å². The van der Waals surface area contributed by atoms with E-state index in [2.05, 4.69) is 75.7 Å². The fourth-order valence-electron chi connectivity index (χ4n) is 4.52. The summed E-state index contributed by atoms with van der Waals surface area (Å²) in [7, 11) is 2.07. The first-order valence-corrected chi connectivity index (χ1v) is 9.96. The Hall–Kier alpha value is -2.94. The van der Waals surface area contributed by atoms with E-state index in [1.807, 2.05) is 6.33 Å².